The Kier molecular flexibility index (Phi) is 25.4. The summed E-state index contributed by atoms with van der Waals surface area (Å²) >= 11 is 0. The average molecular weight is 879 g/mol. The molecule has 0 aliphatic heterocycles. The molecule has 4 rings (SSSR count). The predicted molar refractivity (Wildman–Crippen MR) is 232 cm³/mol. The molecule has 4 aromatic carbocycles. The molecule has 0 bridgehead atoms. The van der Waals surface area contributed by atoms with Crippen LogP contribution in [-0.2, 0) is 33.1 Å². The van der Waals surface area contributed by atoms with Crippen molar-refractivity contribution in [1.29, 1.82) is 0 Å². The van der Waals surface area contributed by atoms with Gasteiger partial charge in [0.1, 0.15) is 43.8 Å². The van der Waals surface area contributed by atoms with E-state index < -0.39 is 25.1 Å². The van der Waals surface area contributed by atoms with Crippen molar-refractivity contribution in [2.45, 2.75) is 152 Å². The number of phenols is 1. The van der Waals surface area contributed by atoms with Crippen molar-refractivity contribution in [1.82, 2.24) is 0 Å². The molecule has 0 atom stereocenters. The number of hydrogen-bond donors (Lipinski definition) is 2. The monoisotopic (exact) mass is 878 g/mol. The molecule has 2 N–H and O–H groups in total. The molecule has 0 aliphatic carbocycles. The van der Waals surface area contributed by atoms with Gasteiger partial charge in [0.25, 0.3) is 10.1 Å². The maximum absolute atomic E-state index is 12.1. The van der Waals surface area contributed by atoms with E-state index in [-0.39, 0.29) is 65.6 Å². The molecule has 10 nitrogen and oxygen atoms in total. The summed E-state index contributed by atoms with van der Waals surface area (Å²) in [6.45, 7) is 4.44. The van der Waals surface area contributed by atoms with E-state index in [0.29, 0.717) is 23.5 Å². The summed E-state index contributed by atoms with van der Waals surface area (Å²) in [7, 11) is -9.02. The Morgan fingerprint density at radius 2 is 0.915 bits per heavy atom. The molecule has 0 unspecified atom stereocenters. The fraction of sp³-hybridized carbons (Fsp3) is 0.478. The van der Waals surface area contributed by atoms with Crippen molar-refractivity contribution >= 4 is 58.0 Å². The number of rotatable bonds is 26. The normalized spacial score (nSPS) is 11.3. The molecule has 0 amide bonds. The number of aryl methyl sites for hydroxylation is 2. The first-order valence-electron chi connectivity index (χ1n) is 20.9. The van der Waals surface area contributed by atoms with Gasteiger partial charge in [-0.3, -0.25) is 4.55 Å². The van der Waals surface area contributed by atoms with Crippen LogP contribution < -0.4 is 14.6 Å². The molecule has 320 valence electrons. The second-order valence-electron chi connectivity index (χ2n) is 14.7. The van der Waals surface area contributed by atoms with Crippen LogP contribution in [0.4, 0.5) is 0 Å². The molecule has 0 fully saturated rings. The van der Waals surface area contributed by atoms with Crippen LogP contribution >= 0.6 is 0 Å². The van der Waals surface area contributed by atoms with Crippen molar-refractivity contribution < 1.29 is 45.6 Å². The third-order valence-electron chi connectivity index (χ3n) is 9.88. The van der Waals surface area contributed by atoms with Gasteiger partial charge in [-0.1, -0.05) is 152 Å². The Bertz CT molecular complexity index is 1870. The molecule has 0 radical (unpaired) electrons. The molecule has 0 aromatic heterocycles. The summed E-state index contributed by atoms with van der Waals surface area (Å²) in [5.74, 6) is 0.947. The molecule has 13 heteroatoms. The van der Waals surface area contributed by atoms with E-state index in [1.165, 1.54) is 138 Å². The minimum Gasteiger partial charge on any atom is -0.872 e. The Morgan fingerprint density at radius 1 is 0.525 bits per heavy atom. The topological polar surface area (TPSA) is 173 Å². The maximum Gasteiger partial charge on any atom is 2.00 e. The van der Waals surface area contributed by atoms with Gasteiger partial charge in [-0.2, -0.15) is 8.42 Å². The molecule has 0 aliphatic rings. The first kappa shape index (κ1) is 52.3. The van der Waals surface area contributed by atoms with Gasteiger partial charge in [-0.15, -0.1) is 5.75 Å². The number of phenolic OH excluding ortho intramolecular Hbond substituents is 1. The van der Waals surface area contributed by atoms with Gasteiger partial charge in [0.2, 0.25) is 0 Å². The van der Waals surface area contributed by atoms with E-state index in [4.69, 9.17) is 9.47 Å². The fourth-order valence-electron chi connectivity index (χ4n) is 6.64. The number of unbranched alkanes of at least 4 members (excludes halogenated alkanes) is 16. The molecule has 0 saturated carbocycles. The van der Waals surface area contributed by atoms with E-state index in [2.05, 4.69) is 13.8 Å². The molecule has 0 heterocycles. The minimum absolute atomic E-state index is 0. The molecular weight excluding hydrogens is 817 g/mol. The van der Waals surface area contributed by atoms with Gasteiger partial charge in [-0.05, 0) is 85.8 Å². The molecule has 0 saturated heterocycles. The third-order valence-corrected chi connectivity index (χ3v) is 11.7. The Balaban J connectivity index is 0.000000400. The number of hydrogen-bond acceptors (Lipinski definition) is 9. The minimum atomic E-state index is -4.64. The van der Waals surface area contributed by atoms with E-state index in [9.17, 15) is 36.2 Å². The van der Waals surface area contributed by atoms with Crippen molar-refractivity contribution in [3.8, 4) is 34.5 Å². The second-order valence-corrected chi connectivity index (χ2v) is 17.5. The van der Waals surface area contributed by atoms with Crippen LogP contribution in [0.5, 0.6) is 34.5 Å². The Hall–Kier alpha value is -2.84. The van der Waals surface area contributed by atoms with E-state index in [0.717, 1.165) is 37.7 Å². The van der Waals surface area contributed by atoms with Gasteiger partial charge in [-0.25, -0.2) is 8.42 Å². The van der Waals surface area contributed by atoms with Crippen LogP contribution in [-0.4, -0.2) is 68.8 Å². The Labute approximate surface area is 383 Å². The van der Waals surface area contributed by atoms with Gasteiger partial charge >= 0.3 is 37.7 Å². The van der Waals surface area contributed by atoms with Gasteiger partial charge < -0.3 is 24.2 Å². The smallest absolute Gasteiger partial charge is 0.872 e. The number of benzene rings is 4. The van der Waals surface area contributed by atoms with Crippen LogP contribution in [0.1, 0.15) is 141 Å². The zero-order valence-electron chi connectivity index (χ0n) is 34.9. The van der Waals surface area contributed by atoms with E-state index >= 15 is 0 Å². The van der Waals surface area contributed by atoms with E-state index in [1.54, 1.807) is 36.4 Å². The van der Waals surface area contributed by atoms with Crippen LogP contribution in [0.3, 0.4) is 0 Å². The number of aromatic hydroxyl groups is 1. The molecular formula is C46H62CaO10S2. The van der Waals surface area contributed by atoms with Crippen LogP contribution in [0.15, 0.2) is 94.7 Å². The summed E-state index contributed by atoms with van der Waals surface area (Å²) in [5.41, 5.74) is 1.42. The van der Waals surface area contributed by atoms with E-state index in [1.807, 2.05) is 0 Å². The fourth-order valence-corrected chi connectivity index (χ4v) is 7.85. The van der Waals surface area contributed by atoms with Crippen molar-refractivity contribution in [3.05, 3.63) is 96.1 Å². The van der Waals surface area contributed by atoms with Crippen molar-refractivity contribution in [3.63, 3.8) is 0 Å². The maximum atomic E-state index is 12.1. The van der Waals surface area contributed by atoms with Crippen LogP contribution in [0.2, 0.25) is 0 Å². The quantitative estimate of drug-likeness (QED) is 0.0351. The van der Waals surface area contributed by atoms with Crippen LogP contribution in [0, 0.1) is 0 Å². The Morgan fingerprint density at radius 3 is 1.39 bits per heavy atom. The third kappa shape index (κ3) is 20.5. The molecule has 4 aromatic rings. The standard InChI is InChI=1S/2C23H32O5S.Ca/c2*1-2-3-4-5-6-7-8-9-10-13-19-18-20(16-17-21(19)24)28-22-14-11-12-15-23(22)29(25,26)27;/h2*11-12,14-18,24H,2-10,13H2,1H3,(H,25,26,27);/q;;+2/p-2. The summed E-state index contributed by atoms with van der Waals surface area (Å²) in [4.78, 5) is -0.694. The van der Waals surface area contributed by atoms with Gasteiger partial charge in [0.05, 0.1) is 4.90 Å². The first-order chi connectivity index (χ1) is 27.8. The largest absolute Gasteiger partial charge is 2.00 e. The second kappa shape index (κ2) is 28.6. The average Bonchev–Trinajstić information content (AvgIpc) is 3.18. The SMILES string of the molecule is CCCCCCCCCCCc1cc(Oc2ccccc2S(=O)(=O)O)ccc1O.CCCCCCCCCCCc1cc(Oc2ccccc2S(=O)(=O)[O-])ccc1[O-].[Ca+2]. The summed E-state index contributed by atoms with van der Waals surface area (Å²) in [6.07, 6.45) is 23.4. The van der Waals surface area contributed by atoms with Gasteiger partial charge in [0.15, 0.2) is 0 Å². The zero-order valence-corrected chi connectivity index (χ0v) is 38.8. The predicted octanol–water partition coefficient (Wildman–Crippen LogP) is 11.7. The van der Waals surface area contributed by atoms with Crippen LogP contribution in [0.25, 0.3) is 0 Å². The molecule has 0 spiro atoms. The van der Waals surface area contributed by atoms with Crippen molar-refractivity contribution in [2.75, 3.05) is 0 Å². The number of ether oxygens (including phenoxy) is 2. The summed E-state index contributed by atoms with van der Waals surface area (Å²) < 4.78 is 77.8. The zero-order chi connectivity index (χ0) is 42.2. The van der Waals surface area contributed by atoms with Gasteiger partial charge in [0, 0.05) is 0 Å². The molecule has 59 heavy (non-hydrogen) atoms. The first-order valence-corrected chi connectivity index (χ1v) is 23.8. The number of para-hydroxylation sites is 2. The summed E-state index contributed by atoms with van der Waals surface area (Å²) in [5, 5.41) is 22.2. The summed E-state index contributed by atoms with van der Waals surface area (Å²) in [6, 6.07) is 21.0. The van der Waals surface area contributed by atoms with Crippen molar-refractivity contribution in [2.24, 2.45) is 0 Å².